The van der Waals surface area contributed by atoms with Gasteiger partial charge in [0.05, 0.1) is 41.6 Å². The Kier molecular flexibility index (Phi) is 10.7. The number of rotatable bonds is 12. The van der Waals surface area contributed by atoms with Crippen LogP contribution >= 0.6 is 0 Å². The first-order chi connectivity index (χ1) is 24.6. The number of aromatic nitrogens is 1. The highest BCUT2D eigenvalue weighted by Gasteiger charge is 2.40. The molecule has 4 unspecified atom stereocenters. The first kappa shape index (κ1) is 37.5. The molecule has 8 bridgehead atoms. The Balaban J connectivity index is 1.74. The lowest BCUT2D eigenvalue weighted by Gasteiger charge is -2.21. The van der Waals surface area contributed by atoms with Crippen LogP contribution in [0.1, 0.15) is 64.5 Å². The van der Waals surface area contributed by atoms with Crippen molar-refractivity contribution in [2.75, 3.05) is 0 Å². The molecule has 0 saturated carbocycles. The van der Waals surface area contributed by atoms with Crippen molar-refractivity contribution < 1.29 is 44.4 Å². The van der Waals surface area contributed by atoms with E-state index in [2.05, 4.69) is 28.3 Å². The molecule has 5 heterocycles. The summed E-state index contributed by atoms with van der Waals surface area (Å²) in [7, 11) is 0. The Labute approximate surface area is 299 Å². The summed E-state index contributed by atoms with van der Waals surface area (Å²) in [5, 5.41) is 46.7. The zero-order valence-corrected chi connectivity index (χ0v) is 29.7. The predicted octanol–water partition coefficient (Wildman–Crippen LogP) is 2.51. The van der Waals surface area contributed by atoms with Gasteiger partial charge in [-0.15, -0.1) is 6.58 Å². The summed E-state index contributed by atoms with van der Waals surface area (Å²) < 4.78 is 0. The van der Waals surface area contributed by atoms with E-state index in [-0.39, 0.29) is 47.4 Å². The molecular weight excluding hydrogens is 670 g/mol. The van der Waals surface area contributed by atoms with Crippen molar-refractivity contribution in [1.82, 2.24) is 15.6 Å². The number of aromatic amines is 1. The van der Waals surface area contributed by atoms with Crippen LogP contribution in [-0.4, -0.2) is 78.7 Å². The summed E-state index contributed by atoms with van der Waals surface area (Å²) in [5.41, 5.74) is 5.29. The molecule has 1 aromatic rings. The lowest BCUT2D eigenvalue weighted by atomic mass is 9.82. The molecule has 5 rings (SSSR count). The summed E-state index contributed by atoms with van der Waals surface area (Å²) in [6.45, 7) is 13.6. The average molecular weight is 714 g/mol. The molecule has 5 atom stereocenters. The third-order valence-corrected chi connectivity index (χ3v) is 10.3. The zero-order valence-electron chi connectivity index (χ0n) is 29.7. The number of fused-ring (bicyclic) bond motifs is 6. The lowest BCUT2D eigenvalue weighted by Crippen LogP contribution is -2.42. The number of carboxylic acid groups (broad SMARTS) is 4. The molecule has 52 heavy (non-hydrogen) atoms. The molecule has 0 saturated heterocycles. The van der Waals surface area contributed by atoms with Crippen molar-refractivity contribution in [3.05, 3.63) is 79.9 Å². The highest BCUT2D eigenvalue weighted by molar-refractivity contribution is 6.27. The summed E-state index contributed by atoms with van der Waals surface area (Å²) in [6, 6.07) is -1.81. The highest BCUT2D eigenvalue weighted by Crippen LogP contribution is 2.42. The van der Waals surface area contributed by atoms with E-state index in [9.17, 15) is 39.3 Å². The van der Waals surface area contributed by atoms with Crippen LogP contribution in [0.25, 0.3) is 12.2 Å². The first-order valence-corrected chi connectivity index (χ1v) is 17.1. The molecule has 1 amide bonds. The zero-order chi connectivity index (χ0) is 38.2. The number of nitrogens with zero attached hydrogens (tertiary/aromatic N) is 2. The highest BCUT2D eigenvalue weighted by atomic mass is 16.4. The smallest absolute Gasteiger partial charge is 0.338 e. The van der Waals surface area contributed by atoms with Crippen molar-refractivity contribution in [3.63, 3.8) is 0 Å². The van der Waals surface area contributed by atoms with Gasteiger partial charge in [-0.3, -0.25) is 19.4 Å². The van der Waals surface area contributed by atoms with E-state index in [0.29, 0.717) is 23.4 Å². The van der Waals surface area contributed by atoms with Gasteiger partial charge in [-0.05, 0) is 74.1 Å². The number of carboxylic acids is 4. The summed E-state index contributed by atoms with van der Waals surface area (Å²) in [4.78, 5) is 74.4. The summed E-state index contributed by atoms with van der Waals surface area (Å²) >= 11 is 0. The van der Waals surface area contributed by atoms with Crippen LogP contribution < -0.4 is 21.3 Å². The average Bonchev–Trinajstić information content (AvgIpc) is 3.74. The van der Waals surface area contributed by atoms with Gasteiger partial charge in [0.25, 0.3) is 0 Å². The Morgan fingerprint density at radius 1 is 1.02 bits per heavy atom. The topological polar surface area (TPSA) is 231 Å². The van der Waals surface area contributed by atoms with Gasteiger partial charge in [0.1, 0.15) is 6.04 Å². The number of H-pyrrole nitrogens is 1. The SMILES string of the molecule is C=CC1C(C)=C2/C=C3N=C(/C(CC(=O)O)=C4\N=C(C=c5[nH]/c(c(C)c5CC)=C\C1N2)C(C)=C4C(=O)O)[C@H](CCC(=O)NC(CC(=O)O)C(=O)O)C\3C. The molecule has 0 aliphatic carbocycles. The van der Waals surface area contributed by atoms with Gasteiger partial charge in [-0.25, -0.2) is 14.6 Å². The largest absolute Gasteiger partial charge is 0.481 e. The molecule has 1 aromatic heterocycles. The number of allylic oxidation sites excluding steroid dienone is 3. The number of aliphatic carboxylic acids is 4. The minimum Gasteiger partial charge on any atom is -0.481 e. The van der Waals surface area contributed by atoms with Crippen molar-refractivity contribution >= 4 is 53.4 Å². The molecule has 0 radical (unpaired) electrons. The van der Waals surface area contributed by atoms with E-state index < -0.39 is 60.5 Å². The number of aliphatic imine (C=N–C) groups is 2. The lowest BCUT2D eigenvalue weighted by molar-refractivity contribution is -0.147. The van der Waals surface area contributed by atoms with E-state index in [4.69, 9.17) is 15.1 Å². The minimum atomic E-state index is -1.64. The van der Waals surface area contributed by atoms with Gasteiger partial charge in [-0.1, -0.05) is 19.9 Å². The maximum atomic E-state index is 13.0. The van der Waals surface area contributed by atoms with E-state index in [1.54, 1.807) is 13.0 Å². The van der Waals surface area contributed by atoms with Crippen LogP contribution in [0.15, 0.2) is 68.1 Å². The van der Waals surface area contributed by atoms with Crippen molar-refractivity contribution in [1.29, 1.82) is 0 Å². The standard InChI is InChI=1S/C38H43N5O9/c1-7-20-16(3)24-12-26-18(5)22(9-10-31(44)41-30(37(49)50)15-33(47)48)35(42-26)23(11-32(45)46)36-34(38(51)52)19(6)27(43-36)14-29-21(8-2)17(4)25(40-29)13-28(20)39-24/h7,12-14,18,20,22,28,30,39-40H,1,8-11,15H2,2-6H3,(H,41,44)(H,45,46)(H,47,48)(H,49,50)(H,51,52)/b25-13-,26-12-,29-14?,36-23-/t18?,20?,22-,28?,30?/m1/s1. The third-order valence-electron chi connectivity index (χ3n) is 10.3. The van der Waals surface area contributed by atoms with Gasteiger partial charge in [-0.2, -0.15) is 0 Å². The number of hydrogen-bond acceptors (Lipinski definition) is 8. The quantitative estimate of drug-likeness (QED) is 0.157. The fourth-order valence-electron chi connectivity index (χ4n) is 7.51. The molecule has 274 valence electrons. The van der Waals surface area contributed by atoms with Crippen LogP contribution in [0.3, 0.4) is 0 Å². The second-order valence-electron chi connectivity index (χ2n) is 13.5. The summed E-state index contributed by atoms with van der Waals surface area (Å²) in [5.74, 6) is -7.22. The number of amides is 1. The fourth-order valence-corrected chi connectivity index (χ4v) is 7.51. The van der Waals surface area contributed by atoms with Gasteiger partial charge >= 0.3 is 23.9 Å². The van der Waals surface area contributed by atoms with Crippen LogP contribution in [0, 0.1) is 24.7 Å². The molecule has 7 N–H and O–H groups in total. The molecule has 4 aliphatic rings. The Morgan fingerprint density at radius 3 is 2.33 bits per heavy atom. The van der Waals surface area contributed by atoms with E-state index in [0.717, 1.165) is 33.1 Å². The third kappa shape index (κ3) is 7.18. The second kappa shape index (κ2) is 14.8. The number of carbonyl (C=O) groups is 5. The molecule has 4 aliphatic heterocycles. The van der Waals surface area contributed by atoms with Gasteiger partial charge in [0.2, 0.25) is 5.91 Å². The second-order valence-corrected chi connectivity index (χ2v) is 13.5. The van der Waals surface area contributed by atoms with Crippen LogP contribution in [0.5, 0.6) is 0 Å². The predicted molar refractivity (Wildman–Crippen MR) is 193 cm³/mol. The van der Waals surface area contributed by atoms with E-state index in [1.807, 2.05) is 39.8 Å². The molecule has 0 aromatic carbocycles. The molecule has 0 spiro atoms. The summed E-state index contributed by atoms with van der Waals surface area (Å²) in [6.07, 6.45) is 6.73. The maximum Gasteiger partial charge on any atom is 0.338 e. The normalized spacial score (nSPS) is 25.9. The molecule has 14 heteroatoms. The minimum absolute atomic E-state index is 0.0333. The van der Waals surface area contributed by atoms with Gasteiger partial charge in [0.15, 0.2) is 0 Å². The van der Waals surface area contributed by atoms with Gasteiger partial charge in [0, 0.05) is 51.8 Å². The van der Waals surface area contributed by atoms with Crippen molar-refractivity contribution in [3.8, 4) is 0 Å². The first-order valence-electron chi connectivity index (χ1n) is 17.1. The number of nitrogens with one attached hydrogen (secondary N) is 3. The van der Waals surface area contributed by atoms with Crippen LogP contribution in [0.2, 0.25) is 0 Å². The number of hydrogen-bond donors (Lipinski definition) is 7. The number of carbonyl (C=O) groups excluding carboxylic acids is 1. The van der Waals surface area contributed by atoms with Crippen molar-refractivity contribution in [2.24, 2.45) is 27.7 Å². The molecular formula is C38H43N5O9. The molecule has 0 fully saturated rings. The Bertz CT molecular complexity index is 2110. The van der Waals surface area contributed by atoms with Gasteiger partial charge < -0.3 is 36.0 Å². The van der Waals surface area contributed by atoms with E-state index in [1.165, 1.54) is 0 Å². The van der Waals surface area contributed by atoms with Crippen LogP contribution in [-0.2, 0) is 30.4 Å². The fraction of sp³-hybridized carbons (Fsp3) is 0.395. The van der Waals surface area contributed by atoms with E-state index >= 15 is 0 Å². The Hall–Kier alpha value is -5.79. The maximum absolute atomic E-state index is 13.0. The van der Waals surface area contributed by atoms with Crippen LogP contribution in [0.4, 0.5) is 0 Å². The molecule has 14 nitrogen and oxygen atoms in total. The Morgan fingerprint density at radius 2 is 1.73 bits per heavy atom. The monoisotopic (exact) mass is 713 g/mol. The van der Waals surface area contributed by atoms with Crippen molar-refractivity contribution in [2.45, 2.75) is 78.8 Å².